The van der Waals surface area contributed by atoms with E-state index in [9.17, 15) is 9.90 Å². The van der Waals surface area contributed by atoms with E-state index in [0.717, 1.165) is 0 Å². The van der Waals surface area contributed by atoms with E-state index in [1.54, 1.807) is 31.4 Å². The molecule has 0 bridgehead atoms. The number of carboxylic acid groups (broad SMARTS) is 1. The first-order valence-corrected chi connectivity index (χ1v) is 6.84. The lowest BCUT2D eigenvalue weighted by molar-refractivity contribution is 0.0687. The summed E-state index contributed by atoms with van der Waals surface area (Å²) in [6.45, 7) is 5.95. The first-order valence-electron chi connectivity index (χ1n) is 6.84. The molecule has 0 aliphatic heterocycles. The standard InChI is InChI=1S/C16H20N2O4/c1-16(2,3)14-9-12(15(19)20)18(17-14)11-7-6-10(21-4)8-13(11)22-5/h6-9H,1-5H3,(H,19,20). The summed E-state index contributed by atoms with van der Waals surface area (Å²) in [6.07, 6.45) is 0. The highest BCUT2D eigenvalue weighted by Crippen LogP contribution is 2.30. The van der Waals surface area contributed by atoms with Crippen LogP contribution >= 0.6 is 0 Å². The highest BCUT2D eigenvalue weighted by molar-refractivity contribution is 5.87. The molecule has 1 aromatic carbocycles. The van der Waals surface area contributed by atoms with E-state index < -0.39 is 5.97 Å². The van der Waals surface area contributed by atoms with Crippen molar-refractivity contribution in [2.24, 2.45) is 0 Å². The van der Waals surface area contributed by atoms with Gasteiger partial charge in [0.2, 0.25) is 0 Å². The Balaban J connectivity index is 2.66. The van der Waals surface area contributed by atoms with Crippen LogP contribution in [0, 0.1) is 0 Å². The molecule has 0 atom stereocenters. The molecule has 0 radical (unpaired) electrons. The first-order chi connectivity index (χ1) is 10.3. The fourth-order valence-corrected chi connectivity index (χ4v) is 2.04. The van der Waals surface area contributed by atoms with E-state index in [-0.39, 0.29) is 11.1 Å². The summed E-state index contributed by atoms with van der Waals surface area (Å²) in [5.74, 6) is 0.0759. The lowest BCUT2D eigenvalue weighted by atomic mass is 9.92. The Morgan fingerprint density at radius 1 is 1.18 bits per heavy atom. The molecule has 0 amide bonds. The predicted octanol–water partition coefficient (Wildman–Crippen LogP) is 2.89. The van der Waals surface area contributed by atoms with Gasteiger partial charge in [-0.2, -0.15) is 5.10 Å². The number of carboxylic acids is 1. The molecule has 0 saturated carbocycles. The Labute approximate surface area is 129 Å². The summed E-state index contributed by atoms with van der Waals surface area (Å²) in [4.78, 5) is 11.5. The van der Waals surface area contributed by atoms with Gasteiger partial charge in [-0.1, -0.05) is 20.8 Å². The van der Waals surface area contributed by atoms with Crippen LogP contribution in [-0.2, 0) is 5.41 Å². The molecular weight excluding hydrogens is 284 g/mol. The van der Waals surface area contributed by atoms with Crippen LogP contribution in [0.1, 0.15) is 37.0 Å². The predicted molar refractivity (Wildman–Crippen MR) is 82.3 cm³/mol. The van der Waals surface area contributed by atoms with Crippen molar-refractivity contribution in [3.63, 3.8) is 0 Å². The van der Waals surface area contributed by atoms with Crippen molar-refractivity contribution in [3.8, 4) is 17.2 Å². The van der Waals surface area contributed by atoms with Gasteiger partial charge in [0.25, 0.3) is 0 Å². The Morgan fingerprint density at radius 3 is 2.36 bits per heavy atom. The number of ether oxygens (including phenoxy) is 2. The van der Waals surface area contributed by atoms with E-state index in [1.165, 1.54) is 11.8 Å². The first kappa shape index (κ1) is 15.9. The number of hydrogen-bond donors (Lipinski definition) is 1. The van der Waals surface area contributed by atoms with Crippen molar-refractivity contribution in [3.05, 3.63) is 35.7 Å². The highest BCUT2D eigenvalue weighted by Gasteiger charge is 2.24. The summed E-state index contributed by atoms with van der Waals surface area (Å²) in [7, 11) is 3.08. The fraction of sp³-hybridized carbons (Fsp3) is 0.375. The highest BCUT2D eigenvalue weighted by atomic mass is 16.5. The number of aromatic carboxylic acids is 1. The maximum absolute atomic E-state index is 11.5. The minimum Gasteiger partial charge on any atom is -0.497 e. The van der Waals surface area contributed by atoms with Crippen LogP contribution in [0.15, 0.2) is 24.3 Å². The maximum Gasteiger partial charge on any atom is 0.354 e. The van der Waals surface area contributed by atoms with Crippen molar-refractivity contribution in [2.45, 2.75) is 26.2 Å². The largest absolute Gasteiger partial charge is 0.497 e. The molecule has 6 heteroatoms. The number of aromatic nitrogens is 2. The summed E-state index contributed by atoms with van der Waals surface area (Å²) in [6, 6.07) is 6.75. The number of hydrogen-bond acceptors (Lipinski definition) is 4. The van der Waals surface area contributed by atoms with Crippen molar-refractivity contribution in [1.29, 1.82) is 0 Å². The lowest BCUT2D eigenvalue weighted by Crippen LogP contribution is -2.13. The van der Waals surface area contributed by atoms with Gasteiger partial charge in [-0.25, -0.2) is 9.48 Å². The SMILES string of the molecule is COc1ccc(-n2nc(C(C)(C)C)cc2C(=O)O)c(OC)c1. The van der Waals surface area contributed by atoms with Crippen LogP contribution < -0.4 is 9.47 Å². The molecule has 0 spiro atoms. The molecule has 0 saturated heterocycles. The summed E-state index contributed by atoms with van der Waals surface area (Å²) < 4.78 is 11.9. The third kappa shape index (κ3) is 2.90. The molecule has 2 aromatic rings. The third-order valence-electron chi connectivity index (χ3n) is 3.31. The molecule has 118 valence electrons. The van der Waals surface area contributed by atoms with Gasteiger partial charge >= 0.3 is 5.97 Å². The van der Waals surface area contributed by atoms with Crippen molar-refractivity contribution in [2.75, 3.05) is 14.2 Å². The number of carbonyl (C=O) groups is 1. The topological polar surface area (TPSA) is 73.6 Å². The zero-order chi connectivity index (χ0) is 16.5. The fourth-order valence-electron chi connectivity index (χ4n) is 2.04. The van der Waals surface area contributed by atoms with Crippen LogP contribution in [0.3, 0.4) is 0 Å². The van der Waals surface area contributed by atoms with E-state index in [1.807, 2.05) is 20.8 Å². The molecule has 6 nitrogen and oxygen atoms in total. The summed E-state index contributed by atoms with van der Waals surface area (Å²) in [5.41, 5.74) is 1.09. The number of benzene rings is 1. The van der Waals surface area contributed by atoms with Crippen LogP contribution in [-0.4, -0.2) is 35.1 Å². The average Bonchev–Trinajstić information content (AvgIpc) is 2.91. The smallest absolute Gasteiger partial charge is 0.354 e. The quantitative estimate of drug-likeness (QED) is 0.940. The molecule has 22 heavy (non-hydrogen) atoms. The van der Waals surface area contributed by atoms with Gasteiger partial charge in [0, 0.05) is 11.5 Å². The van der Waals surface area contributed by atoms with Crippen molar-refractivity contribution < 1.29 is 19.4 Å². The zero-order valence-corrected chi connectivity index (χ0v) is 13.4. The molecule has 0 fully saturated rings. The molecule has 2 rings (SSSR count). The van der Waals surface area contributed by atoms with Gasteiger partial charge in [0.05, 0.1) is 19.9 Å². The summed E-state index contributed by atoms with van der Waals surface area (Å²) in [5, 5.41) is 13.9. The molecule has 1 heterocycles. The minimum absolute atomic E-state index is 0.0911. The number of nitrogens with zero attached hydrogens (tertiary/aromatic N) is 2. The molecule has 1 aromatic heterocycles. The second kappa shape index (κ2) is 5.71. The normalized spacial score (nSPS) is 11.3. The number of rotatable bonds is 4. The van der Waals surface area contributed by atoms with Gasteiger partial charge in [0.1, 0.15) is 17.2 Å². The van der Waals surface area contributed by atoms with Gasteiger partial charge in [0.15, 0.2) is 5.69 Å². The van der Waals surface area contributed by atoms with Gasteiger partial charge in [-0.05, 0) is 18.2 Å². The lowest BCUT2D eigenvalue weighted by Gasteiger charge is -2.15. The Kier molecular flexibility index (Phi) is 4.12. The van der Waals surface area contributed by atoms with Gasteiger partial charge in [-0.3, -0.25) is 0 Å². The second-order valence-electron chi connectivity index (χ2n) is 5.92. The van der Waals surface area contributed by atoms with E-state index in [2.05, 4.69) is 5.10 Å². The second-order valence-corrected chi connectivity index (χ2v) is 5.92. The van der Waals surface area contributed by atoms with Gasteiger partial charge < -0.3 is 14.6 Å². The van der Waals surface area contributed by atoms with Crippen molar-refractivity contribution >= 4 is 5.97 Å². The molecular formula is C16H20N2O4. The Morgan fingerprint density at radius 2 is 1.86 bits per heavy atom. The third-order valence-corrected chi connectivity index (χ3v) is 3.31. The Hall–Kier alpha value is -2.50. The van der Waals surface area contributed by atoms with Crippen molar-refractivity contribution in [1.82, 2.24) is 9.78 Å². The van der Waals surface area contributed by atoms with Gasteiger partial charge in [-0.15, -0.1) is 0 Å². The molecule has 0 aliphatic carbocycles. The average molecular weight is 304 g/mol. The summed E-state index contributed by atoms with van der Waals surface area (Å²) >= 11 is 0. The van der Waals surface area contributed by atoms with E-state index in [4.69, 9.17) is 9.47 Å². The van der Waals surface area contributed by atoms with Crippen LogP contribution in [0.5, 0.6) is 11.5 Å². The molecule has 1 N–H and O–H groups in total. The Bertz CT molecular complexity index is 699. The van der Waals surface area contributed by atoms with Crippen LogP contribution in [0.25, 0.3) is 5.69 Å². The van der Waals surface area contributed by atoms with Crippen LogP contribution in [0.4, 0.5) is 0 Å². The minimum atomic E-state index is -1.04. The zero-order valence-electron chi connectivity index (χ0n) is 13.4. The number of methoxy groups -OCH3 is 2. The van der Waals surface area contributed by atoms with Crippen LogP contribution in [0.2, 0.25) is 0 Å². The maximum atomic E-state index is 11.5. The molecule has 0 aliphatic rings. The molecule has 0 unspecified atom stereocenters. The monoisotopic (exact) mass is 304 g/mol. The van der Waals surface area contributed by atoms with E-state index in [0.29, 0.717) is 22.9 Å². The van der Waals surface area contributed by atoms with E-state index >= 15 is 0 Å².